The molecule has 6 heteroatoms. The maximum atomic E-state index is 11.5. The Morgan fingerprint density at radius 3 is 2.95 bits per heavy atom. The predicted octanol–water partition coefficient (Wildman–Crippen LogP) is 1.47. The Morgan fingerprint density at radius 2 is 2.30 bits per heavy atom. The Bertz CT molecular complexity index is 440. The van der Waals surface area contributed by atoms with E-state index in [4.69, 9.17) is 0 Å². The molecule has 1 amide bonds. The normalized spacial score (nSPS) is 14.9. The number of hydrogen-bond acceptors (Lipinski definition) is 3. The molecule has 0 aromatic carbocycles. The summed E-state index contributed by atoms with van der Waals surface area (Å²) in [6, 6.07) is 4.58. The molecular formula is C14H22N4OS. The van der Waals surface area contributed by atoms with Crippen molar-refractivity contribution in [2.45, 2.75) is 38.3 Å². The van der Waals surface area contributed by atoms with E-state index in [-0.39, 0.29) is 5.91 Å². The highest BCUT2D eigenvalue weighted by Gasteiger charge is 2.22. The van der Waals surface area contributed by atoms with Gasteiger partial charge in [0.2, 0.25) is 5.91 Å². The lowest BCUT2D eigenvalue weighted by Gasteiger charge is -2.11. The summed E-state index contributed by atoms with van der Waals surface area (Å²) >= 11 is 1.72. The third-order valence-electron chi connectivity index (χ3n) is 3.05. The quantitative estimate of drug-likeness (QED) is 0.405. The first-order valence-corrected chi connectivity index (χ1v) is 7.92. The Balaban J connectivity index is 1.55. The SMILES string of the molecule is CN=C(NCCCC(=O)NC1CC1)NCc1cccs1. The van der Waals surface area contributed by atoms with E-state index in [1.165, 1.54) is 4.88 Å². The molecule has 0 unspecified atom stereocenters. The molecule has 0 bridgehead atoms. The van der Waals surface area contributed by atoms with Gasteiger partial charge < -0.3 is 16.0 Å². The number of hydrogen-bond donors (Lipinski definition) is 3. The second kappa shape index (κ2) is 7.89. The Kier molecular flexibility index (Phi) is 5.86. The highest BCUT2D eigenvalue weighted by atomic mass is 32.1. The number of aliphatic imine (C=N–C) groups is 1. The van der Waals surface area contributed by atoms with E-state index in [2.05, 4.69) is 32.4 Å². The maximum Gasteiger partial charge on any atom is 0.220 e. The minimum absolute atomic E-state index is 0.163. The molecule has 3 N–H and O–H groups in total. The standard InChI is InChI=1S/C14H22N4OS/c1-15-14(17-10-12-4-3-9-20-12)16-8-2-5-13(19)18-11-6-7-11/h3-4,9,11H,2,5-8,10H2,1H3,(H,18,19)(H2,15,16,17). The molecule has 0 radical (unpaired) electrons. The summed E-state index contributed by atoms with van der Waals surface area (Å²) in [5.41, 5.74) is 0. The van der Waals surface area contributed by atoms with Crippen LogP contribution in [0, 0.1) is 0 Å². The number of rotatable bonds is 7. The van der Waals surface area contributed by atoms with Crippen molar-refractivity contribution in [2.24, 2.45) is 4.99 Å². The van der Waals surface area contributed by atoms with E-state index in [1.54, 1.807) is 18.4 Å². The Hall–Kier alpha value is -1.56. The molecule has 1 saturated carbocycles. The molecule has 1 heterocycles. The van der Waals surface area contributed by atoms with Gasteiger partial charge in [-0.1, -0.05) is 6.07 Å². The van der Waals surface area contributed by atoms with Crippen LogP contribution in [0.1, 0.15) is 30.6 Å². The Morgan fingerprint density at radius 1 is 1.45 bits per heavy atom. The number of amides is 1. The van der Waals surface area contributed by atoms with Crippen LogP contribution >= 0.6 is 11.3 Å². The molecule has 0 aliphatic heterocycles. The molecule has 20 heavy (non-hydrogen) atoms. The van der Waals surface area contributed by atoms with Crippen molar-refractivity contribution in [1.29, 1.82) is 0 Å². The molecule has 1 aliphatic carbocycles. The van der Waals surface area contributed by atoms with Crippen LogP contribution in [0.3, 0.4) is 0 Å². The van der Waals surface area contributed by atoms with Crippen LogP contribution in [0.4, 0.5) is 0 Å². The smallest absolute Gasteiger partial charge is 0.220 e. The Labute approximate surface area is 123 Å². The van der Waals surface area contributed by atoms with Crippen LogP contribution in [-0.4, -0.2) is 31.5 Å². The second-order valence-electron chi connectivity index (χ2n) is 4.88. The second-order valence-corrected chi connectivity index (χ2v) is 5.91. The van der Waals surface area contributed by atoms with Crippen LogP contribution < -0.4 is 16.0 Å². The zero-order chi connectivity index (χ0) is 14.2. The average molecular weight is 294 g/mol. The zero-order valence-electron chi connectivity index (χ0n) is 11.8. The van der Waals surface area contributed by atoms with Gasteiger partial charge in [0.05, 0.1) is 6.54 Å². The molecule has 1 aliphatic rings. The van der Waals surface area contributed by atoms with Gasteiger partial charge in [-0.2, -0.15) is 0 Å². The summed E-state index contributed by atoms with van der Waals surface area (Å²) in [4.78, 5) is 16.9. The number of carbonyl (C=O) groups is 1. The van der Waals surface area contributed by atoms with Crippen LogP contribution in [-0.2, 0) is 11.3 Å². The molecule has 1 aromatic rings. The first-order chi connectivity index (χ1) is 9.78. The van der Waals surface area contributed by atoms with Gasteiger partial charge in [0, 0.05) is 30.9 Å². The number of nitrogens with zero attached hydrogens (tertiary/aromatic N) is 1. The topological polar surface area (TPSA) is 65.5 Å². The summed E-state index contributed by atoms with van der Waals surface area (Å²) in [6.07, 6.45) is 3.68. The maximum absolute atomic E-state index is 11.5. The van der Waals surface area contributed by atoms with Crippen molar-refractivity contribution in [1.82, 2.24) is 16.0 Å². The zero-order valence-corrected chi connectivity index (χ0v) is 12.6. The molecule has 0 atom stereocenters. The molecule has 2 rings (SSSR count). The fourth-order valence-electron chi connectivity index (χ4n) is 1.79. The molecule has 1 fully saturated rings. The summed E-state index contributed by atoms with van der Waals surface area (Å²) in [5.74, 6) is 0.942. The summed E-state index contributed by atoms with van der Waals surface area (Å²) < 4.78 is 0. The fourth-order valence-corrected chi connectivity index (χ4v) is 2.43. The van der Waals surface area contributed by atoms with Gasteiger partial charge in [-0.15, -0.1) is 11.3 Å². The van der Waals surface area contributed by atoms with Crippen molar-refractivity contribution >= 4 is 23.2 Å². The third kappa shape index (κ3) is 5.61. The molecule has 0 spiro atoms. The number of nitrogens with one attached hydrogen (secondary N) is 3. The van der Waals surface area contributed by atoms with Crippen LogP contribution in [0.15, 0.2) is 22.5 Å². The minimum atomic E-state index is 0.163. The summed E-state index contributed by atoms with van der Waals surface area (Å²) in [6.45, 7) is 1.53. The molecule has 110 valence electrons. The number of carbonyl (C=O) groups excluding carboxylic acids is 1. The summed E-state index contributed by atoms with van der Waals surface area (Å²) in [7, 11) is 1.75. The predicted molar refractivity (Wildman–Crippen MR) is 82.9 cm³/mol. The first-order valence-electron chi connectivity index (χ1n) is 7.04. The number of thiophene rings is 1. The largest absolute Gasteiger partial charge is 0.356 e. The molecular weight excluding hydrogens is 272 g/mol. The van der Waals surface area contributed by atoms with Gasteiger partial charge in [-0.25, -0.2) is 0 Å². The number of guanidine groups is 1. The monoisotopic (exact) mass is 294 g/mol. The van der Waals surface area contributed by atoms with Crippen molar-refractivity contribution in [3.63, 3.8) is 0 Å². The van der Waals surface area contributed by atoms with E-state index in [9.17, 15) is 4.79 Å². The minimum Gasteiger partial charge on any atom is -0.356 e. The van der Waals surface area contributed by atoms with Crippen LogP contribution in [0.5, 0.6) is 0 Å². The average Bonchev–Trinajstić information content (AvgIpc) is 3.10. The van der Waals surface area contributed by atoms with E-state index < -0.39 is 0 Å². The van der Waals surface area contributed by atoms with Gasteiger partial charge in [0.1, 0.15) is 0 Å². The highest BCUT2D eigenvalue weighted by molar-refractivity contribution is 7.09. The molecule has 0 saturated heterocycles. The van der Waals surface area contributed by atoms with Crippen molar-refractivity contribution < 1.29 is 4.79 Å². The van der Waals surface area contributed by atoms with E-state index in [0.29, 0.717) is 12.5 Å². The van der Waals surface area contributed by atoms with Crippen molar-refractivity contribution in [2.75, 3.05) is 13.6 Å². The van der Waals surface area contributed by atoms with E-state index in [1.807, 2.05) is 6.07 Å². The van der Waals surface area contributed by atoms with Gasteiger partial charge in [-0.05, 0) is 30.7 Å². The lowest BCUT2D eigenvalue weighted by molar-refractivity contribution is -0.121. The first kappa shape index (κ1) is 14.8. The summed E-state index contributed by atoms with van der Waals surface area (Å²) in [5, 5.41) is 11.5. The van der Waals surface area contributed by atoms with Gasteiger partial charge in [0.25, 0.3) is 0 Å². The van der Waals surface area contributed by atoms with Crippen LogP contribution in [0.25, 0.3) is 0 Å². The lowest BCUT2D eigenvalue weighted by Crippen LogP contribution is -2.37. The lowest BCUT2D eigenvalue weighted by atomic mass is 10.3. The van der Waals surface area contributed by atoms with Gasteiger partial charge >= 0.3 is 0 Å². The van der Waals surface area contributed by atoms with Gasteiger partial charge in [-0.3, -0.25) is 9.79 Å². The highest BCUT2D eigenvalue weighted by Crippen LogP contribution is 2.18. The third-order valence-corrected chi connectivity index (χ3v) is 3.93. The fraction of sp³-hybridized carbons (Fsp3) is 0.571. The van der Waals surface area contributed by atoms with E-state index >= 15 is 0 Å². The molecule has 5 nitrogen and oxygen atoms in total. The van der Waals surface area contributed by atoms with Crippen molar-refractivity contribution in [3.05, 3.63) is 22.4 Å². The van der Waals surface area contributed by atoms with Crippen molar-refractivity contribution in [3.8, 4) is 0 Å². The van der Waals surface area contributed by atoms with Gasteiger partial charge in [0.15, 0.2) is 5.96 Å². The van der Waals surface area contributed by atoms with Crippen LogP contribution in [0.2, 0.25) is 0 Å². The molecule has 1 aromatic heterocycles. The van der Waals surface area contributed by atoms with E-state index in [0.717, 1.165) is 38.3 Å².